The summed E-state index contributed by atoms with van der Waals surface area (Å²) in [5.41, 5.74) is 8.28. The van der Waals surface area contributed by atoms with E-state index in [0.29, 0.717) is 23.2 Å². The van der Waals surface area contributed by atoms with Gasteiger partial charge in [-0.15, -0.1) is 0 Å². The van der Waals surface area contributed by atoms with Gasteiger partial charge in [0.2, 0.25) is 0 Å². The fourth-order valence-electron chi connectivity index (χ4n) is 2.68. The molecule has 4 rings (SSSR count). The van der Waals surface area contributed by atoms with Crippen LogP contribution in [-0.4, -0.2) is 40.1 Å². The van der Waals surface area contributed by atoms with Gasteiger partial charge in [-0.3, -0.25) is 4.98 Å². The summed E-state index contributed by atoms with van der Waals surface area (Å²) in [7, 11) is 0. The van der Waals surface area contributed by atoms with Gasteiger partial charge in [-0.25, -0.2) is 0 Å². The normalized spacial score (nSPS) is 14.4. The Labute approximate surface area is 176 Å². The number of phenols is 2. The average Bonchev–Trinajstić information content (AvgIpc) is 2.68. The quantitative estimate of drug-likeness (QED) is 0.437. The van der Waals surface area contributed by atoms with Gasteiger partial charge >= 0.3 is 0 Å². The molecule has 1 aromatic heterocycles. The standard InChI is InChI=1S/C13H13NO2.C9H7NO.Ga/c14-13-10(5-3-7-12(13)16)8-9-4-1-2-6-11(9)15;11-8-5-1-3-7-4-2-6-10-9(7)8;/h1-4,6-8,15-16H,5,14H2;1-6,11H;. The number of aromatic nitrogens is 1. The summed E-state index contributed by atoms with van der Waals surface area (Å²) in [4.78, 5) is 4.03. The summed E-state index contributed by atoms with van der Waals surface area (Å²) in [6, 6.07) is 16.1. The zero-order chi connectivity index (χ0) is 19.2. The number of aliphatic hydroxyl groups excluding tert-OH is 1. The summed E-state index contributed by atoms with van der Waals surface area (Å²) < 4.78 is 0. The van der Waals surface area contributed by atoms with Crippen molar-refractivity contribution in [2.24, 2.45) is 5.73 Å². The van der Waals surface area contributed by atoms with E-state index in [-0.39, 0.29) is 37.0 Å². The maximum atomic E-state index is 9.61. The fraction of sp³-hybridized carbons (Fsp3) is 0.0455. The Morgan fingerprint density at radius 2 is 1.61 bits per heavy atom. The molecule has 0 saturated heterocycles. The van der Waals surface area contributed by atoms with Crippen LogP contribution < -0.4 is 5.73 Å². The number of aliphatic hydroxyl groups is 1. The summed E-state index contributed by atoms with van der Waals surface area (Å²) in [5, 5.41) is 29.3. The average molecular weight is 430 g/mol. The molecule has 0 amide bonds. The monoisotopic (exact) mass is 429 g/mol. The Morgan fingerprint density at radius 1 is 0.893 bits per heavy atom. The third-order valence-electron chi connectivity index (χ3n) is 4.11. The molecule has 0 saturated carbocycles. The minimum Gasteiger partial charge on any atom is -0.507 e. The molecule has 3 radical (unpaired) electrons. The van der Waals surface area contributed by atoms with Gasteiger partial charge in [-0.1, -0.05) is 42.5 Å². The van der Waals surface area contributed by atoms with Gasteiger partial charge in [-0.2, -0.15) is 0 Å². The van der Waals surface area contributed by atoms with E-state index in [2.05, 4.69) is 4.98 Å². The van der Waals surface area contributed by atoms with Crippen molar-refractivity contribution in [3.8, 4) is 11.5 Å². The van der Waals surface area contributed by atoms with Crippen molar-refractivity contribution in [2.75, 3.05) is 0 Å². The molecule has 0 fully saturated rings. The first-order valence-electron chi connectivity index (χ1n) is 8.43. The van der Waals surface area contributed by atoms with Crippen molar-refractivity contribution < 1.29 is 15.3 Å². The Balaban J connectivity index is 0.000000205. The van der Waals surface area contributed by atoms with Gasteiger partial charge in [-0.05, 0) is 42.3 Å². The van der Waals surface area contributed by atoms with E-state index in [1.165, 1.54) is 0 Å². The molecule has 2 aromatic carbocycles. The van der Waals surface area contributed by atoms with Gasteiger partial charge in [0.1, 0.15) is 22.8 Å². The van der Waals surface area contributed by atoms with Crippen LogP contribution in [0.1, 0.15) is 12.0 Å². The number of hydrogen-bond donors (Lipinski definition) is 4. The predicted molar refractivity (Wildman–Crippen MR) is 113 cm³/mol. The Bertz CT molecular complexity index is 1050. The second kappa shape index (κ2) is 9.73. The topological polar surface area (TPSA) is 99.6 Å². The molecular formula is C22H20GaN2O3. The number of allylic oxidation sites excluding steroid dienone is 3. The Morgan fingerprint density at radius 3 is 2.36 bits per heavy atom. The number of aromatic hydroxyl groups is 2. The molecule has 0 aliphatic heterocycles. The molecule has 0 bridgehead atoms. The minimum absolute atomic E-state index is 0. The molecule has 1 aliphatic rings. The summed E-state index contributed by atoms with van der Waals surface area (Å²) in [5.74, 6) is 0.521. The maximum absolute atomic E-state index is 9.61. The number of para-hydroxylation sites is 2. The van der Waals surface area contributed by atoms with Crippen LogP contribution in [0.25, 0.3) is 17.0 Å². The number of hydrogen-bond acceptors (Lipinski definition) is 5. The van der Waals surface area contributed by atoms with Crippen molar-refractivity contribution >= 4 is 36.8 Å². The van der Waals surface area contributed by atoms with Crippen LogP contribution in [0.15, 0.2) is 90.0 Å². The fourth-order valence-corrected chi connectivity index (χ4v) is 2.68. The molecule has 5 nitrogen and oxygen atoms in total. The number of fused-ring (bicyclic) bond motifs is 1. The van der Waals surface area contributed by atoms with Crippen LogP contribution >= 0.6 is 0 Å². The molecule has 0 spiro atoms. The molecule has 139 valence electrons. The van der Waals surface area contributed by atoms with E-state index in [9.17, 15) is 15.3 Å². The van der Waals surface area contributed by atoms with E-state index >= 15 is 0 Å². The largest absolute Gasteiger partial charge is 0.507 e. The predicted octanol–water partition coefficient (Wildman–Crippen LogP) is 4.02. The molecule has 5 N–H and O–H groups in total. The number of rotatable bonds is 1. The van der Waals surface area contributed by atoms with E-state index in [1.807, 2.05) is 30.3 Å². The van der Waals surface area contributed by atoms with Gasteiger partial charge in [0, 0.05) is 36.9 Å². The van der Waals surface area contributed by atoms with Gasteiger partial charge in [0.15, 0.2) is 0 Å². The second-order valence-corrected chi connectivity index (χ2v) is 5.99. The van der Waals surface area contributed by atoms with E-state index in [0.717, 1.165) is 11.0 Å². The van der Waals surface area contributed by atoms with Crippen LogP contribution in [0.2, 0.25) is 0 Å². The number of nitrogens with zero attached hydrogens (tertiary/aromatic N) is 1. The minimum atomic E-state index is 0. The molecular weight excluding hydrogens is 410 g/mol. The molecule has 0 atom stereocenters. The van der Waals surface area contributed by atoms with Crippen molar-refractivity contribution in [3.05, 3.63) is 95.5 Å². The number of phenolic OH excluding ortho intramolecular Hbond substituents is 2. The third-order valence-corrected chi connectivity index (χ3v) is 4.11. The zero-order valence-electron chi connectivity index (χ0n) is 15.2. The Hall–Kier alpha value is -3.09. The third kappa shape index (κ3) is 5.00. The van der Waals surface area contributed by atoms with E-state index in [4.69, 9.17) is 5.73 Å². The first kappa shape index (κ1) is 21.2. The number of benzene rings is 2. The number of pyridine rings is 1. The van der Waals surface area contributed by atoms with Crippen molar-refractivity contribution in [2.45, 2.75) is 6.42 Å². The van der Waals surface area contributed by atoms with Crippen molar-refractivity contribution in [3.63, 3.8) is 0 Å². The zero-order valence-corrected chi connectivity index (χ0v) is 17.6. The molecule has 28 heavy (non-hydrogen) atoms. The molecule has 1 heterocycles. The molecule has 6 heteroatoms. The van der Waals surface area contributed by atoms with Gasteiger partial charge in [0.05, 0.1) is 5.70 Å². The smallest absolute Gasteiger partial charge is 0.141 e. The van der Waals surface area contributed by atoms with Gasteiger partial charge < -0.3 is 21.1 Å². The van der Waals surface area contributed by atoms with Crippen LogP contribution in [0.4, 0.5) is 0 Å². The molecule has 3 aromatic rings. The molecule has 0 unspecified atom stereocenters. The van der Waals surface area contributed by atoms with Crippen LogP contribution in [0.5, 0.6) is 11.5 Å². The van der Waals surface area contributed by atoms with Crippen molar-refractivity contribution in [1.82, 2.24) is 4.98 Å². The van der Waals surface area contributed by atoms with Crippen molar-refractivity contribution in [1.29, 1.82) is 0 Å². The van der Waals surface area contributed by atoms with Crippen LogP contribution in [-0.2, 0) is 0 Å². The van der Waals surface area contributed by atoms with Crippen LogP contribution in [0, 0.1) is 0 Å². The van der Waals surface area contributed by atoms with E-state index < -0.39 is 0 Å². The summed E-state index contributed by atoms with van der Waals surface area (Å²) >= 11 is 0. The van der Waals surface area contributed by atoms with Crippen LogP contribution in [0.3, 0.4) is 0 Å². The Kier molecular flexibility index (Phi) is 7.37. The first-order valence-corrected chi connectivity index (χ1v) is 8.43. The maximum Gasteiger partial charge on any atom is 0.141 e. The summed E-state index contributed by atoms with van der Waals surface area (Å²) in [6.45, 7) is 0. The first-order chi connectivity index (χ1) is 13.1. The van der Waals surface area contributed by atoms with Gasteiger partial charge in [0.25, 0.3) is 0 Å². The second-order valence-electron chi connectivity index (χ2n) is 5.99. The summed E-state index contributed by atoms with van der Waals surface area (Å²) in [6.07, 6.45) is 7.52. The molecule has 1 aliphatic carbocycles. The van der Waals surface area contributed by atoms with E-state index in [1.54, 1.807) is 48.7 Å². The SMILES string of the molecule is NC1=C(O)C=CCC1=Cc1ccccc1O.Oc1cccc2cccnc12.[Ga]. The number of nitrogens with two attached hydrogens (primary N) is 1.